The fraction of sp³-hybridized carbons (Fsp3) is 0.379. The first-order valence-corrected chi connectivity index (χ1v) is 12.0. The second-order valence-electron chi connectivity index (χ2n) is 9.67. The smallest absolute Gasteiger partial charge is 0.234 e. The number of aromatic nitrogens is 4. The third-order valence-corrected chi connectivity index (χ3v) is 6.87. The van der Waals surface area contributed by atoms with Crippen LogP contribution in [0, 0.1) is 55.4 Å². The van der Waals surface area contributed by atoms with Gasteiger partial charge < -0.3 is 0 Å². The number of rotatable bonds is 6. The van der Waals surface area contributed by atoms with Crippen LogP contribution >= 0.6 is 0 Å². The van der Waals surface area contributed by atoms with Crippen LogP contribution in [0.5, 0.6) is 0 Å². The van der Waals surface area contributed by atoms with E-state index in [4.69, 9.17) is 0 Å². The van der Waals surface area contributed by atoms with Crippen LogP contribution < -0.4 is 9.13 Å². The molecule has 4 rings (SSSR count). The highest BCUT2D eigenvalue weighted by Crippen LogP contribution is 2.23. The zero-order chi connectivity index (χ0) is 23.9. The number of benzene rings is 2. The molecule has 0 N–H and O–H groups in total. The van der Waals surface area contributed by atoms with Crippen molar-refractivity contribution in [3.63, 3.8) is 0 Å². The minimum atomic E-state index is 1.00. The molecule has 0 unspecified atom stereocenters. The van der Waals surface area contributed by atoms with Gasteiger partial charge in [-0.15, -0.1) is 0 Å². The quantitative estimate of drug-likeness (QED) is 0.356. The topological polar surface area (TPSA) is 17.6 Å². The molecular weight excluding hydrogens is 404 g/mol. The number of nitrogens with zero attached hydrogens (tertiary/aromatic N) is 4. The third kappa shape index (κ3) is 4.39. The number of hydrogen-bond donors (Lipinski definition) is 0. The van der Waals surface area contributed by atoms with Gasteiger partial charge in [-0.05, 0) is 63.8 Å². The molecule has 33 heavy (non-hydrogen) atoms. The van der Waals surface area contributed by atoms with Crippen LogP contribution in [0.25, 0.3) is 11.4 Å². The van der Waals surface area contributed by atoms with Crippen molar-refractivity contribution in [2.45, 2.75) is 74.9 Å². The fourth-order valence-corrected chi connectivity index (χ4v) is 5.46. The molecule has 4 nitrogen and oxygen atoms in total. The van der Waals surface area contributed by atoms with E-state index in [2.05, 4.69) is 123 Å². The molecule has 0 spiro atoms. The summed E-state index contributed by atoms with van der Waals surface area (Å²) in [6.45, 7) is 19.6. The Morgan fingerprint density at radius 2 is 0.879 bits per heavy atom. The highest BCUT2D eigenvalue weighted by molar-refractivity contribution is 5.50. The van der Waals surface area contributed by atoms with Crippen molar-refractivity contribution >= 4 is 0 Å². The summed E-state index contributed by atoms with van der Waals surface area (Å²) in [5.74, 6) is 2.55. The molecule has 0 radical (unpaired) electrons. The Bertz CT molecular complexity index is 1170. The summed E-state index contributed by atoms with van der Waals surface area (Å²) in [5.41, 5.74) is 10.6. The molecule has 0 amide bonds. The molecule has 0 fully saturated rings. The maximum Gasteiger partial charge on any atom is 0.258 e. The average molecular weight is 443 g/mol. The highest BCUT2D eigenvalue weighted by atomic mass is 15.2. The van der Waals surface area contributed by atoms with E-state index in [0.717, 1.165) is 19.5 Å². The van der Waals surface area contributed by atoms with Crippen LogP contribution in [-0.4, -0.2) is 9.13 Å². The van der Waals surface area contributed by atoms with E-state index in [-0.39, 0.29) is 0 Å². The lowest BCUT2D eigenvalue weighted by molar-refractivity contribution is -0.731. The summed E-state index contributed by atoms with van der Waals surface area (Å²) in [4.78, 5) is 0. The Morgan fingerprint density at radius 1 is 0.545 bits per heavy atom. The zero-order valence-corrected chi connectivity index (χ0v) is 21.5. The van der Waals surface area contributed by atoms with Gasteiger partial charge in [0.05, 0.1) is 13.1 Å². The Hall–Kier alpha value is -3.14. The fourth-order valence-electron chi connectivity index (χ4n) is 5.46. The van der Waals surface area contributed by atoms with Crippen LogP contribution in [0.1, 0.15) is 51.5 Å². The predicted molar refractivity (Wildman–Crippen MR) is 134 cm³/mol. The first-order chi connectivity index (χ1) is 15.7. The zero-order valence-electron chi connectivity index (χ0n) is 21.5. The minimum absolute atomic E-state index is 1.00. The number of aryl methyl sites for hydroxylation is 8. The van der Waals surface area contributed by atoms with Crippen molar-refractivity contribution in [2.24, 2.45) is 0 Å². The molecule has 172 valence electrons. The van der Waals surface area contributed by atoms with E-state index in [9.17, 15) is 0 Å². The summed E-state index contributed by atoms with van der Waals surface area (Å²) in [6, 6.07) is 9.09. The summed E-state index contributed by atoms with van der Waals surface area (Å²) in [6.07, 6.45) is 9.93. The van der Waals surface area contributed by atoms with Gasteiger partial charge in [0.15, 0.2) is 0 Å². The first kappa shape index (κ1) is 23.0. The maximum absolute atomic E-state index is 2.37. The van der Waals surface area contributed by atoms with Crippen molar-refractivity contribution in [1.82, 2.24) is 9.13 Å². The molecule has 4 aromatic rings. The van der Waals surface area contributed by atoms with Crippen LogP contribution in [-0.2, 0) is 13.1 Å². The monoisotopic (exact) mass is 442 g/mol. The third-order valence-electron chi connectivity index (χ3n) is 6.87. The lowest BCUT2D eigenvalue weighted by Gasteiger charge is -2.09. The van der Waals surface area contributed by atoms with Gasteiger partial charge >= 0.3 is 0 Å². The van der Waals surface area contributed by atoms with Gasteiger partial charge in [0.1, 0.15) is 36.2 Å². The molecule has 2 aromatic carbocycles. The van der Waals surface area contributed by atoms with Gasteiger partial charge in [-0.25, -0.2) is 9.13 Å². The highest BCUT2D eigenvalue weighted by Gasteiger charge is 2.20. The summed E-state index contributed by atoms with van der Waals surface area (Å²) in [5, 5.41) is 0. The van der Waals surface area contributed by atoms with E-state index >= 15 is 0 Å². The normalized spacial score (nSPS) is 11.4. The van der Waals surface area contributed by atoms with Crippen molar-refractivity contribution in [3.05, 3.63) is 94.1 Å². The molecule has 0 saturated carbocycles. The van der Waals surface area contributed by atoms with Gasteiger partial charge in [-0.2, -0.15) is 9.13 Å². The van der Waals surface area contributed by atoms with Crippen molar-refractivity contribution in [2.75, 3.05) is 0 Å². The molecule has 0 aliphatic carbocycles. The van der Waals surface area contributed by atoms with E-state index in [1.54, 1.807) is 0 Å². The van der Waals surface area contributed by atoms with Gasteiger partial charge in [0.25, 0.3) is 11.6 Å². The Balaban J connectivity index is 1.50. The number of hydrogen-bond acceptors (Lipinski definition) is 0. The van der Waals surface area contributed by atoms with E-state index in [1.165, 1.54) is 56.4 Å². The molecule has 0 bridgehead atoms. The van der Waals surface area contributed by atoms with Crippen molar-refractivity contribution in [1.29, 1.82) is 0 Å². The first-order valence-electron chi connectivity index (χ1n) is 12.0. The summed E-state index contributed by atoms with van der Waals surface area (Å²) >= 11 is 0. The van der Waals surface area contributed by atoms with E-state index in [0.29, 0.717) is 0 Å². The van der Waals surface area contributed by atoms with E-state index in [1.807, 2.05) is 0 Å². The molecule has 2 heterocycles. The minimum Gasteiger partial charge on any atom is -0.234 e. The van der Waals surface area contributed by atoms with Crippen molar-refractivity contribution < 1.29 is 9.13 Å². The summed E-state index contributed by atoms with van der Waals surface area (Å²) in [7, 11) is 0. The van der Waals surface area contributed by atoms with Crippen molar-refractivity contribution in [3.8, 4) is 11.4 Å². The van der Waals surface area contributed by atoms with Crippen LogP contribution in [0.15, 0.2) is 49.1 Å². The molecule has 0 atom stereocenters. The molecule has 4 heteroatoms. The Kier molecular flexibility index (Phi) is 6.29. The standard InChI is InChI=1S/C29H38N4/c1-20-16-22(3)28(23(4)17-20)32-14-12-30(26(32)7)10-9-11-31-13-15-33(27(31)8)29-24(5)18-21(2)19-25(29)6/h12-19H,9-11H2,1-8H3/q+2. The van der Waals surface area contributed by atoms with E-state index < -0.39 is 0 Å². The van der Waals surface area contributed by atoms with Gasteiger partial charge in [0.2, 0.25) is 0 Å². The maximum atomic E-state index is 2.37. The summed E-state index contributed by atoms with van der Waals surface area (Å²) < 4.78 is 9.42. The second-order valence-corrected chi connectivity index (χ2v) is 9.67. The molecule has 0 saturated heterocycles. The molecule has 0 aliphatic heterocycles. The van der Waals surface area contributed by atoms with Gasteiger partial charge in [-0.1, -0.05) is 35.4 Å². The van der Waals surface area contributed by atoms with Gasteiger partial charge in [0, 0.05) is 20.3 Å². The molecule has 0 aliphatic rings. The van der Waals surface area contributed by atoms with Crippen LogP contribution in [0.3, 0.4) is 0 Å². The SMILES string of the molecule is Cc1cc(C)c(-n2cc[n+](CCC[n+]3ccn(-c4c(C)cc(C)cc4C)c3C)c2C)c(C)c1. The van der Waals surface area contributed by atoms with Crippen LogP contribution in [0.2, 0.25) is 0 Å². The largest absolute Gasteiger partial charge is 0.258 e. The molecule has 2 aromatic heterocycles. The lowest BCUT2D eigenvalue weighted by Crippen LogP contribution is -2.41. The lowest BCUT2D eigenvalue weighted by atomic mass is 10.0. The average Bonchev–Trinajstić information content (AvgIpc) is 3.25. The number of imidazole rings is 2. The Morgan fingerprint density at radius 3 is 1.21 bits per heavy atom. The second kappa shape index (κ2) is 9.01. The molecular formula is C29H38N4+2. The predicted octanol–water partition coefficient (Wildman–Crippen LogP) is 5.40. The van der Waals surface area contributed by atoms with Crippen LogP contribution in [0.4, 0.5) is 0 Å². The van der Waals surface area contributed by atoms with Gasteiger partial charge in [-0.3, -0.25) is 0 Å². The Labute approximate surface area is 198 Å².